The van der Waals surface area contributed by atoms with Crippen molar-refractivity contribution in [2.24, 2.45) is 0 Å². The Hall–Kier alpha value is -0.900. The van der Waals surface area contributed by atoms with Crippen LogP contribution in [0.3, 0.4) is 0 Å². The quantitative estimate of drug-likeness (QED) is 0.544. The molecule has 1 aromatic carbocycles. The van der Waals surface area contributed by atoms with E-state index in [1.165, 1.54) is 20.2 Å². The molecule has 25 heavy (non-hydrogen) atoms. The largest absolute Gasteiger partial charge is 0.275 e. The van der Waals surface area contributed by atoms with Gasteiger partial charge in [0.25, 0.3) is 0 Å². The maximum Gasteiger partial charge on any atom is 0.248 e. The topological polar surface area (TPSA) is 58.6 Å². The van der Waals surface area contributed by atoms with Crippen LogP contribution < -0.4 is 4.72 Å². The number of benzene rings is 1. The number of rotatable bonds is 6. The highest BCUT2D eigenvalue weighted by Crippen LogP contribution is 2.33. The summed E-state index contributed by atoms with van der Waals surface area (Å²) < 4.78 is 42.8. The molecule has 9 heteroatoms. The van der Waals surface area contributed by atoms with Crippen LogP contribution in [0.25, 0.3) is 0 Å². The summed E-state index contributed by atoms with van der Waals surface area (Å²) in [6, 6.07) is 1.97. The standard InChI is InChI=1S/C16H23BrF2N2O3S/c1-15(2,3)25(23)20-16(4,9-14(22)21(5)24-6)10-7-11(17)13(19)8-12(10)18/h7-8,20H,9H2,1-6H3/t16-,25+/m0/s1. The number of hydroxylamine groups is 2. The number of hydrogen-bond donors (Lipinski definition) is 1. The van der Waals surface area contributed by atoms with Crippen molar-refractivity contribution in [1.82, 2.24) is 9.79 Å². The van der Waals surface area contributed by atoms with E-state index in [0.717, 1.165) is 11.1 Å². The third-order valence-corrected chi connectivity index (χ3v) is 5.96. The van der Waals surface area contributed by atoms with E-state index in [9.17, 15) is 17.8 Å². The van der Waals surface area contributed by atoms with E-state index in [4.69, 9.17) is 4.84 Å². The molecule has 0 fully saturated rings. The van der Waals surface area contributed by atoms with Gasteiger partial charge in [-0.2, -0.15) is 0 Å². The number of nitrogens with zero attached hydrogens (tertiary/aromatic N) is 1. The van der Waals surface area contributed by atoms with E-state index < -0.39 is 38.8 Å². The van der Waals surface area contributed by atoms with Gasteiger partial charge in [0.2, 0.25) is 5.91 Å². The third-order valence-electron chi connectivity index (χ3n) is 3.61. The average Bonchev–Trinajstić information content (AvgIpc) is 2.48. The number of halogens is 3. The van der Waals surface area contributed by atoms with Crippen molar-refractivity contribution < 1.29 is 22.6 Å². The molecule has 142 valence electrons. The fraction of sp³-hybridized carbons (Fsp3) is 0.562. The molecule has 0 saturated carbocycles. The zero-order valence-corrected chi connectivity index (χ0v) is 17.5. The van der Waals surface area contributed by atoms with Crippen molar-refractivity contribution in [3.05, 3.63) is 33.8 Å². The number of nitrogens with one attached hydrogen (secondary N) is 1. The second-order valence-corrected chi connectivity index (χ2v) is 9.63. The summed E-state index contributed by atoms with van der Waals surface area (Å²) in [7, 11) is 1.15. The molecule has 0 bridgehead atoms. The molecule has 0 heterocycles. The number of carbonyl (C=O) groups is 1. The Labute approximate surface area is 157 Å². The van der Waals surface area contributed by atoms with Crippen molar-refractivity contribution in [3.63, 3.8) is 0 Å². The average molecular weight is 441 g/mol. The molecule has 0 aliphatic carbocycles. The summed E-state index contributed by atoms with van der Waals surface area (Å²) in [5.74, 6) is -2.06. The van der Waals surface area contributed by atoms with E-state index >= 15 is 0 Å². The predicted molar refractivity (Wildman–Crippen MR) is 96.8 cm³/mol. The van der Waals surface area contributed by atoms with Gasteiger partial charge in [-0.05, 0) is 49.7 Å². The summed E-state index contributed by atoms with van der Waals surface area (Å²) in [6.07, 6.45) is -0.242. The van der Waals surface area contributed by atoms with Gasteiger partial charge in [0.05, 0.1) is 39.3 Å². The van der Waals surface area contributed by atoms with Gasteiger partial charge >= 0.3 is 0 Å². The van der Waals surface area contributed by atoms with Crippen LogP contribution in [-0.4, -0.2) is 34.1 Å². The fourth-order valence-corrected chi connectivity index (χ4v) is 3.25. The molecule has 0 spiro atoms. The minimum atomic E-state index is -1.60. The highest BCUT2D eigenvalue weighted by Gasteiger charge is 2.38. The molecule has 0 radical (unpaired) electrons. The van der Waals surface area contributed by atoms with Crippen LogP contribution in [0.2, 0.25) is 0 Å². The highest BCUT2D eigenvalue weighted by atomic mass is 79.9. The Balaban J connectivity index is 3.39. The number of amides is 1. The first-order chi connectivity index (χ1) is 11.3. The minimum absolute atomic E-state index is 0.0243. The normalized spacial score (nSPS) is 15.6. The summed E-state index contributed by atoms with van der Waals surface area (Å²) in [6.45, 7) is 6.78. The molecule has 1 N–H and O–H groups in total. The van der Waals surface area contributed by atoms with Crippen molar-refractivity contribution >= 4 is 32.8 Å². The zero-order chi connectivity index (χ0) is 19.6. The van der Waals surface area contributed by atoms with Crippen LogP contribution >= 0.6 is 15.9 Å². The third kappa shape index (κ3) is 5.54. The van der Waals surface area contributed by atoms with Gasteiger partial charge in [0, 0.05) is 18.7 Å². The van der Waals surface area contributed by atoms with E-state index in [1.54, 1.807) is 27.7 Å². The lowest BCUT2D eigenvalue weighted by Gasteiger charge is -2.34. The smallest absolute Gasteiger partial charge is 0.248 e. The van der Waals surface area contributed by atoms with E-state index in [1.807, 2.05) is 0 Å². The molecular formula is C16H23BrF2N2O3S. The summed E-state index contributed by atoms with van der Waals surface area (Å²) in [5, 5.41) is 0.996. The lowest BCUT2D eigenvalue weighted by atomic mass is 9.89. The minimum Gasteiger partial charge on any atom is -0.275 e. The molecule has 0 aliphatic heterocycles. The molecule has 1 aromatic rings. The van der Waals surface area contributed by atoms with Crippen molar-refractivity contribution in [2.75, 3.05) is 14.2 Å². The second-order valence-electron chi connectivity index (χ2n) is 6.81. The number of carbonyl (C=O) groups excluding carboxylic acids is 1. The van der Waals surface area contributed by atoms with Crippen LogP contribution in [0.15, 0.2) is 16.6 Å². The van der Waals surface area contributed by atoms with Gasteiger partial charge < -0.3 is 0 Å². The maximum absolute atomic E-state index is 14.5. The van der Waals surface area contributed by atoms with Gasteiger partial charge in [-0.1, -0.05) is 0 Å². The van der Waals surface area contributed by atoms with Gasteiger partial charge in [0.15, 0.2) is 0 Å². The van der Waals surface area contributed by atoms with Crippen molar-refractivity contribution in [1.29, 1.82) is 0 Å². The first-order valence-electron chi connectivity index (χ1n) is 7.47. The molecular weight excluding hydrogens is 418 g/mol. The summed E-state index contributed by atoms with van der Waals surface area (Å²) in [5.41, 5.74) is -1.32. The van der Waals surface area contributed by atoms with Crippen molar-refractivity contribution in [2.45, 2.75) is 44.4 Å². The van der Waals surface area contributed by atoms with E-state index in [2.05, 4.69) is 20.7 Å². The maximum atomic E-state index is 14.5. The Morgan fingerprint density at radius 3 is 2.32 bits per heavy atom. The van der Waals surface area contributed by atoms with E-state index in [-0.39, 0.29) is 16.5 Å². The predicted octanol–water partition coefficient (Wildman–Crippen LogP) is 3.40. The molecule has 1 rings (SSSR count). The Morgan fingerprint density at radius 1 is 1.28 bits per heavy atom. The second kappa shape index (κ2) is 8.20. The molecule has 0 aromatic heterocycles. The first-order valence-corrected chi connectivity index (χ1v) is 9.41. The zero-order valence-electron chi connectivity index (χ0n) is 15.1. The van der Waals surface area contributed by atoms with Gasteiger partial charge in [-0.15, -0.1) is 0 Å². The first kappa shape index (κ1) is 22.1. The lowest BCUT2D eigenvalue weighted by molar-refractivity contribution is -0.170. The van der Waals surface area contributed by atoms with Gasteiger partial charge in [-0.25, -0.2) is 22.8 Å². The Bertz CT molecular complexity index is 682. The number of hydrogen-bond acceptors (Lipinski definition) is 3. The molecule has 0 aliphatic rings. The Kier molecular flexibility index (Phi) is 7.26. The van der Waals surface area contributed by atoms with Crippen LogP contribution in [0.5, 0.6) is 0 Å². The van der Waals surface area contributed by atoms with Crippen LogP contribution in [0.1, 0.15) is 39.7 Å². The summed E-state index contributed by atoms with van der Waals surface area (Å²) in [4.78, 5) is 17.2. The van der Waals surface area contributed by atoms with Crippen molar-refractivity contribution in [3.8, 4) is 0 Å². The summed E-state index contributed by atoms with van der Waals surface area (Å²) >= 11 is 3.02. The SMILES string of the molecule is CON(C)C(=O)C[C@](C)(N[S@](=O)C(C)(C)C)c1cc(Br)c(F)cc1F. The molecule has 0 saturated heterocycles. The molecule has 5 nitrogen and oxygen atoms in total. The van der Waals surface area contributed by atoms with Crippen LogP contribution in [0, 0.1) is 11.6 Å². The van der Waals surface area contributed by atoms with Crippen LogP contribution in [-0.2, 0) is 26.2 Å². The molecule has 2 atom stereocenters. The van der Waals surface area contributed by atoms with Gasteiger partial charge in [0.1, 0.15) is 11.6 Å². The molecule has 0 unspecified atom stereocenters. The highest BCUT2D eigenvalue weighted by molar-refractivity contribution is 9.10. The van der Waals surface area contributed by atoms with Crippen LogP contribution in [0.4, 0.5) is 8.78 Å². The fourth-order valence-electron chi connectivity index (χ4n) is 2.00. The molecule has 1 amide bonds. The lowest BCUT2D eigenvalue weighted by Crippen LogP contribution is -2.49. The van der Waals surface area contributed by atoms with E-state index in [0.29, 0.717) is 0 Å². The monoisotopic (exact) mass is 440 g/mol. The van der Waals surface area contributed by atoms with Gasteiger partial charge in [-0.3, -0.25) is 9.63 Å². The Morgan fingerprint density at radius 2 is 1.84 bits per heavy atom.